The van der Waals surface area contributed by atoms with Gasteiger partial charge in [-0.05, 0) is 43.5 Å². The molecule has 3 aromatic heterocycles. The quantitative estimate of drug-likeness (QED) is 0.497. The molecule has 3 heterocycles. The highest BCUT2D eigenvalue weighted by Gasteiger charge is 2.29. The summed E-state index contributed by atoms with van der Waals surface area (Å²) < 4.78 is 3.67. The molecule has 0 spiro atoms. The van der Waals surface area contributed by atoms with Crippen LogP contribution in [-0.4, -0.2) is 29.8 Å². The Morgan fingerprint density at radius 1 is 1.22 bits per heavy atom. The second kappa shape index (κ2) is 8.30. The van der Waals surface area contributed by atoms with Crippen LogP contribution in [0.5, 0.6) is 0 Å². The predicted molar refractivity (Wildman–Crippen MR) is 121 cm³/mol. The molecule has 2 N–H and O–H groups in total. The van der Waals surface area contributed by atoms with E-state index in [0.29, 0.717) is 11.2 Å². The zero-order valence-electron chi connectivity index (χ0n) is 17.8. The van der Waals surface area contributed by atoms with Crippen molar-refractivity contribution in [3.8, 4) is 6.07 Å². The maximum absolute atomic E-state index is 12.7. The first kappa shape index (κ1) is 20.0. The molecule has 4 aromatic rings. The van der Waals surface area contributed by atoms with Gasteiger partial charge < -0.3 is 10.3 Å². The smallest absolute Gasteiger partial charge is 0.261 e. The van der Waals surface area contributed by atoms with Gasteiger partial charge in [-0.2, -0.15) is 10.4 Å². The number of anilines is 2. The average Bonchev–Trinajstić information content (AvgIpc) is 3.48. The highest BCUT2D eigenvalue weighted by molar-refractivity contribution is 5.91. The number of benzene rings is 1. The number of hydrogen-bond acceptors (Lipinski definition) is 6. The fourth-order valence-electron chi connectivity index (χ4n) is 4.55. The van der Waals surface area contributed by atoms with Crippen molar-refractivity contribution in [3.63, 3.8) is 0 Å². The van der Waals surface area contributed by atoms with Crippen LogP contribution in [0, 0.1) is 17.2 Å². The van der Waals surface area contributed by atoms with Crippen molar-refractivity contribution in [2.45, 2.75) is 44.7 Å². The number of H-pyrrole nitrogens is 1. The van der Waals surface area contributed by atoms with E-state index < -0.39 is 0 Å². The Bertz CT molecular complexity index is 1310. The Balaban J connectivity index is 1.48. The van der Waals surface area contributed by atoms with Gasteiger partial charge in [0.15, 0.2) is 5.82 Å². The largest absolute Gasteiger partial charge is 0.338 e. The first-order chi connectivity index (χ1) is 15.7. The van der Waals surface area contributed by atoms with E-state index >= 15 is 0 Å². The lowest BCUT2D eigenvalue weighted by Crippen LogP contribution is -2.23. The summed E-state index contributed by atoms with van der Waals surface area (Å²) in [5.41, 5.74) is 2.47. The third-order valence-electron chi connectivity index (χ3n) is 6.33. The molecule has 0 amide bonds. The van der Waals surface area contributed by atoms with E-state index in [9.17, 15) is 10.1 Å². The molecular formula is C23H24N8O. The van der Waals surface area contributed by atoms with Gasteiger partial charge in [-0.15, -0.1) is 5.10 Å². The molecule has 0 bridgehead atoms. The van der Waals surface area contributed by atoms with Gasteiger partial charge in [0.25, 0.3) is 5.56 Å². The molecule has 0 radical (unpaired) electrons. The average molecular weight is 429 g/mol. The standard InChI is InChI=1S/C23H24N8O/c1-15(30-13-12-26-29-30)16-6-8-18(9-7-16)27-22-21-20(10-11-25-23(21)32)31(28-22)19-5-3-2-4-17(19)14-24/h6-13,15,17,19H,2-5H2,1H3,(H,25,32)(H,27,28)/t15?,17?,19-/m0/s1. The van der Waals surface area contributed by atoms with Crippen LogP contribution in [0.2, 0.25) is 0 Å². The second-order valence-corrected chi connectivity index (χ2v) is 8.25. The highest BCUT2D eigenvalue weighted by Crippen LogP contribution is 2.36. The first-order valence-electron chi connectivity index (χ1n) is 10.9. The zero-order chi connectivity index (χ0) is 22.1. The summed E-state index contributed by atoms with van der Waals surface area (Å²) in [5.74, 6) is 0.401. The molecule has 0 saturated heterocycles. The second-order valence-electron chi connectivity index (χ2n) is 8.25. The number of nitriles is 1. The molecule has 32 heavy (non-hydrogen) atoms. The van der Waals surface area contributed by atoms with Crippen molar-refractivity contribution >= 4 is 22.4 Å². The first-order valence-corrected chi connectivity index (χ1v) is 10.9. The molecule has 3 atom stereocenters. The summed E-state index contributed by atoms with van der Waals surface area (Å²) >= 11 is 0. The monoisotopic (exact) mass is 428 g/mol. The lowest BCUT2D eigenvalue weighted by atomic mass is 9.85. The molecule has 0 aliphatic heterocycles. The minimum atomic E-state index is -0.197. The number of fused-ring (bicyclic) bond motifs is 1. The molecule has 9 nitrogen and oxygen atoms in total. The van der Waals surface area contributed by atoms with Crippen molar-refractivity contribution < 1.29 is 0 Å². The van der Waals surface area contributed by atoms with Gasteiger partial charge in [-0.25, -0.2) is 4.68 Å². The summed E-state index contributed by atoms with van der Waals surface area (Å²) in [6.45, 7) is 2.06. The van der Waals surface area contributed by atoms with E-state index in [4.69, 9.17) is 5.10 Å². The predicted octanol–water partition coefficient (Wildman–Crippen LogP) is 3.92. The molecule has 5 rings (SSSR count). The molecular weight excluding hydrogens is 404 g/mol. The van der Waals surface area contributed by atoms with Gasteiger partial charge in [0.05, 0.1) is 35.8 Å². The maximum atomic E-state index is 12.7. The van der Waals surface area contributed by atoms with Crippen molar-refractivity contribution in [3.05, 3.63) is 64.8 Å². The maximum Gasteiger partial charge on any atom is 0.261 e. The summed E-state index contributed by atoms with van der Waals surface area (Å²) in [5, 5.41) is 26.2. The Morgan fingerprint density at radius 2 is 2.03 bits per heavy atom. The van der Waals surface area contributed by atoms with Gasteiger partial charge in [0.2, 0.25) is 0 Å². The zero-order valence-corrected chi connectivity index (χ0v) is 17.8. The number of aromatic nitrogens is 6. The topological polar surface area (TPSA) is 117 Å². The lowest BCUT2D eigenvalue weighted by Gasteiger charge is -2.27. The molecule has 2 unspecified atom stereocenters. The highest BCUT2D eigenvalue weighted by atomic mass is 16.1. The SMILES string of the molecule is CC(c1ccc(Nc2nn([C@H]3CCCCC3C#N)c3cc[nH]c(=O)c23)cc1)n1ccnn1. The number of nitrogens with one attached hydrogen (secondary N) is 2. The van der Waals surface area contributed by atoms with Crippen LogP contribution in [0.25, 0.3) is 10.9 Å². The van der Waals surface area contributed by atoms with Gasteiger partial charge >= 0.3 is 0 Å². The Hall–Kier alpha value is -3.93. The third kappa shape index (κ3) is 3.54. The molecule has 1 aliphatic rings. The normalized spacial score (nSPS) is 19.5. The van der Waals surface area contributed by atoms with Crippen LogP contribution in [0.1, 0.15) is 50.3 Å². The van der Waals surface area contributed by atoms with E-state index in [1.54, 1.807) is 17.1 Å². The molecule has 1 saturated carbocycles. The third-order valence-corrected chi connectivity index (χ3v) is 6.33. The van der Waals surface area contributed by atoms with Gasteiger partial charge in [-0.3, -0.25) is 9.48 Å². The summed E-state index contributed by atoms with van der Waals surface area (Å²) in [6, 6.07) is 12.3. The van der Waals surface area contributed by atoms with E-state index in [0.717, 1.165) is 42.5 Å². The van der Waals surface area contributed by atoms with Crippen LogP contribution in [-0.2, 0) is 0 Å². The van der Waals surface area contributed by atoms with Crippen molar-refractivity contribution in [2.24, 2.45) is 5.92 Å². The number of nitrogens with zero attached hydrogens (tertiary/aromatic N) is 6. The van der Waals surface area contributed by atoms with Crippen LogP contribution in [0.15, 0.2) is 53.7 Å². The summed E-state index contributed by atoms with van der Waals surface area (Å²) in [6.07, 6.45) is 8.99. The van der Waals surface area contributed by atoms with Crippen molar-refractivity contribution in [1.29, 1.82) is 5.26 Å². The Labute approximate surface area is 184 Å². The van der Waals surface area contributed by atoms with Gasteiger partial charge in [0, 0.05) is 18.1 Å². The van der Waals surface area contributed by atoms with Crippen LogP contribution in [0.4, 0.5) is 11.5 Å². The van der Waals surface area contributed by atoms with E-state index in [1.165, 1.54) is 0 Å². The minimum Gasteiger partial charge on any atom is -0.338 e. The molecule has 1 aromatic carbocycles. The fourth-order valence-corrected chi connectivity index (χ4v) is 4.55. The fraction of sp³-hybridized carbons (Fsp3) is 0.348. The van der Waals surface area contributed by atoms with Crippen LogP contribution >= 0.6 is 0 Å². The van der Waals surface area contributed by atoms with Gasteiger partial charge in [0.1, 0.15) is 5.39 Å². The number of aromatic amines is 1. The van der Waals surface area contributed by atoms with E-state index in [-0.39, 0.29) is 23.6 Å². The number of hydrogen-bond donors (Lipinski definition) is 2. The number of rotatable bonds is 5. The molecule has 9 heteroatoms. The molecule has 1 fully saturated rings. The van der Waals surface area contributed by atoms with Crippen LogP contribution < -0.4 is 10.9 Å². The number of pyridine rings is 1. The lowest BCUT2D eigenvalue weighted by molar-refractivity contribution is 0.277. The molecule has 162 valence electrons. The van der Waals surface area contributed by atoms with E-state index in [1.807, 2.05) is 41.2 Å². The van der Waals surface area contributed by atoms with Crippen molar-refractivity contribution in [1.82, 2.24) is 29.8 Å². The minimum absolute atomic E-state index is 0.0282. The van der Waals surface area contributed by atoms with Gasteiger partial charge in [-0.1, -0.05) is 30.2 Å². The van der Waals surface area contributed by atoms with Crippen LogP contribution in [0.3, 0.4) is 0 Å². The Morgan fingerprint density at radius 3 is 2.78 bits per heavy atom. The summed E-state index contributed by atoms with van der Waals surface area (Å²) in [4.78, 5) is 15.4. The van der Waals surface area contributed by atoms with E-state index in [2.05, 4.69) is 33.6 Å². The molecule has 1 aliphatic carbocycles. The Kier molecular flexibility index (Phi) is 5.19. The van der Waals surface area contributed by atoms with Crippen molar-refractivity contribution in [2.75, 3.05) is 5.32 Å². The summed E-state index contributed by atoms with van der Waals surface area (Å²) in [7, 11) is 0.